The van der Waals surface area contributed by atoms with Crippen molar-refractivity contribution >= 4 is 0 Å². The van der Waals surface area contributed by atoms with Gasteiger partial charge in [0.15, 0.2) is 0 Å². The summed E-state index contributed by atoms with van der Waals surface area (Å²) in [7, 11) is 0. The Balaban J connectivity index is 2.48. The van der Waals surface area contributed by atoms with Gasteiger partial charge in [0.2, 0.25) is 0 Å². The zero-order chi connectivity index (χ0) is 15.0. The molecule has 0 aromatic heterocycles. The molecule has 0 bridgehead atoms. The molecule has 0 heterocycles. The Morgan fingerprint density at radius 3 is 2.25 bits per heavy atom. The van der Waals surface area contributed by atoms with Crippen molar-refractivity contribution in [3.05, 3.63) is 29.8 Å². The summed E-state index contributed by atoms with van der Waals surface area (Å²) in [5.74, 6) is 1.75. The fourth-order valence-electron chi connectivity index (χ4n) is 2.43. The Bertz CT molecular complexity index is 360. The summed E-state index contributed by atoms with van der Waals surface area (Å²) in [4.78, 5) is 0. The van der Waals surface area contributed by atoms with Crippen molar-refractivity contribution in [2.45, 2.75) is 66.0 Å². The van der Waals surface area contributed by atoms with E-state index in [1.54, 1.807) is 0 Å². The molecule has 3 atom stereocenters. The molecule has 20 heavy (non-hydrogen) atoms. The van der Waals surface area contributed by atoms with Crippen LogP contribution in [0.4, 0.5) is 0 Å². The maximum Gasteiger partial charge on any atom is 0.119 e. The van der Waals surface area contributed by atoms with Crippen molar-refractivity contribution in [1.82, 2.24) is 5.32 Å². The van der Waals surface area contributed by atoms with Crippen LogP contribution in [0.5, 0.6) is 5.75 Å². The van der Waals surface area contributed by atoms with Crippen LogP contribution in [0.2, 0.25) is 0 Å². The summed E-state index contributed by atoms with van der Waals surface area (Å²) in [5, 5.41) is 3.68. The molecule has 1 rings (SSSR count). The van der Waals surface area contributed by atoms with Gasteiger partial charge in [0.05, 0.1) is 6.61 Å². The summed E-state index contributed by atoms with van der Waals surface area (Å²) in [5.41, 5.74) is 1.32. The highest BCUT2D eigenvalue weighted by molar-refractivity contribution is 5.29. The third-order valence-electron chi connectivity index (χ3n) is 3.84. The van der Waals surface area contributed by atoms with Crippen LogP contribution < -0.4 is 10.1 Å². The van der Waals surface area contributed by atoms with Crippen LogP contribution in [0.25, 0.3) is 0 Å². The topological polar surface area (TPSA) is 21.3 Å². The lowest BCUT2D eigenvalue weighted by Gasteiger charge is -2.22. The van der Waals surface area contributed by atoms with E-state index in [9.17, 15) is 0 Å². The Morgan fingerprint density at radius 2 is 1.70 bits per heavy atom. The third kappa shape index (κ3) is 5.96. The molecule has 0 saturated heterocycles. The highest BCUT2D eigenvalue weighted by atomic mass is 16.5. The Hall–Kier alpha value is -1.02. The predicted octanol–water partition coefficient (Wildman–Crippen LogP) is 4.95. The molecule has 0 radical (unpaired) electrons. The van der Waals surface area contributed by atoms with Gasteiger partial charge in [0.25, 0.3) is 0 Å². The second kappa shape index (κ2) is 9.02. The van der Waals surface area contributed by atoms with E-state index in [2.05, 4.69) is 64.2 Å². The van der Waals surface area contributed by atoms with E-state index in [0.717, 1.165) is 24.7 Å². The van der Waals surface area contributed by atoms with Gasteiger partial charge in [-0.2, -0.15) is 0 Å². The van der Waals surface area contributed by atoms with Crippen LogP contribution >= 0.6 is 0 Å². The maximum absolute atomic E-state index is 5.62. The Labute approximate surface area is 124 Å². The van der Waals surface area contributed by atoms with Gasteiger partial charge in [-0.15, -0.1) is 0 Å². The Morgan fingerprint density at radius 1 is 1.05 bits per heavy atom. The average molecular weight is 277 g/mol. The average Bonchev–Trinajstić information content (AvgIpc) is 2.45. The number of ether oxygens (including phenoxy) is 1. The number of nitrogens with one attached hydrogen (secondary N) is 1. The smallest absolute Gasteiger partial charge is 0.119 e. The molecule has 114 valence electrons. The quantitative estimate of drug-likeness (QED) is 0.689. The first kappa shape index (κ1) is 17.0. The van der Waals surface area contributed by atoms with Crippen LogP contribution in [0, 0.1) is 5.92 Å². The fraction of sp³-hybridized carbons (Fsp3) is 0.667. The van der Waals surface area contributed by atoms with Gasteiger partial charge in [-0.05, 0) is 50.3 Å². The molecular weight excluding hydrogens is 246 g/mol. The van der Waals surface area contributed by atoms with Gasteiger partial charge in [0.1, 0.15) is 5.75 Å². The molecule has 0 fully saturated rings. The van der Waals surface area contributed by atoms with Gasteiger partial charge in [-0.25, -0.2) is 0 Å². The molecule has 0 aliphatic heterocycles. The first-order valence-corrected chi connectivity index (χ1v) is 8.05. The second-order valence-corrected chi connectivity index (χ2v) is 5.96. The molecule has 3 unspecified atom stereocenters. The zero-order valence-electron chi connectivity index (χ0n) is 13.8. The molecule has 1 aromatic rings. The minimum atomic E-state index is 0.384. The molecule has 2 nitrogen and oxygen atoms in total. The van der Waals surface area contributed by atoms with E-state index in [4.69, 9.17) is 4.74 Å². The highest BCUT2D eigenvalue weighted by Gasteiger charge is 2.11. The summed E-state index contributed by atoms with van der Waals surface area (Å²) in [6.45, 7) is 12.0. The molecule has 0 amide bonds. The molecule has 1 aromatic carbocycles. The van der Waals surface area contributed by atoms with Crippen molar-refractivity contribution in [2.24, 2.45) is 5.92 Å². The number of benzene rings is 1. The van der Waals surface area contributed by atoms with E-state index in [1.165, 1.54) is 18.4 Å². The lowest BCUT2D eigenvalue weighted by molar-refractivity contribution is 0.317. The minimum Gasteiger partial charge on any atom is -0.494 e. The SMILES string of the molecule is CCCOc1ccc(C(C)NC(C)CC(C)CC)cc1. The largest absolute Gasteiger partial charge is 0.494 e. The van der Waals surface area contributed by atoms with Gasteiger partial charge in [-0.3, -0.25) is 0 Å². The zero-order valence-corrected chi connectivity index (χ0v) is 13.8. The Kier molecular flexibility index (Phi) is 7.68. The normalized spacial score (nSPS) is 15.7. The molecule has 0 saturated carbocycles. The summed E-state index contributed by atoms with van der Waals surface area (Å²) >= 11 is 0. The molecule has 0 aliphatic rings. The lowest BCUT2D eigenvalue weighted by Crippen LogP contribution is -2.30. The van der Waals surface area contributed by atoms with Crippen LogP contribution in [-0.2, 0) is 0 Å². The first-order chi connectivity index (χ1) is 9.56. The van der Waals surface area contributed by atoms with Crippen molar-refractivity contribution in [3.8, 4) is 5.75 Å². The standard InChI is InChI=1S/C18H31NO/c1-6-12-20-18-10-8-17(9-11-18)16(5)19-15(4)13-14(3)7-2/h8-11,14-16,19H,6-7,12-13H2,1-5H3. The monoisotopic (exact) mass is 277 g/mol. The van der Waals surface area contributed by atoms with E-state index < -0.39 is 0 Å². The number of rotatable bonds is 9. The third-order valence-corrected chi connectivity index (χ3v) is 3.84. The van der Waals surface area contributed by atoms with Crippen LogP contribution in [0.3, 0.4) is 0 Å². The predicted molar refractivity (Wildman–Crippen MR) is 87.3 cm³/mol. The molecule has 2 heteroatoms. The molecular formula is C18H31NO. The summed E-state index contributed by atoms with van der Waals surface area (Å²) < 4.78 is 5.62. The second-order valence-electron chi connectivity index (χ2n) is 5.96. The number of hydrogen-bond donors (Lipinski definition) is 1. The van der Waals surface area contributed by atoms with Gasteiger partial charge >= 0.3 is 0 Å². The highest BCUT2D eigenvalue weighted by Crippen LogP contribution is 2.19. The maximum atomic E-state index is 5.62. The van der Waals surface area contributed by atoms with Crippen molar-refractivity contribution < 1.29 is 4.74 Å². The minimum absolute atomic E-state index is 0.384. The number of hydrogen-bond acceptors (Lipinski definition) is 2. The van der Waals surface area contributed by atoms with E-state index >= 15 is 0 Å². The van der Waals surface area contributed by atoms with Gasteiger partial charge in [0, 0.05) is 12.1 Å². The van der Waals surface area contributed by atoms with Crippen LogP contribution in [-0.4, -0.2) is 12.6 Å². The molecule has 0 aliphatic carbocycles. The van der Waals surface area contributed by atoms with Crippen molar-refractivity contribution in [1.29, 1.82) is 0 Å². The van der Waals surface area contributed by atoms with Crippen molar-refractivity contribution in [3.63, 3.8) is 0 Å². The van der Waals surface area contributed by atoms with E-state index in [-0.39, 0.29) is 0 Å². The van der Waals surface area contributed by atoms with Crippen molar-refractivity contribution in [2.75, 3.05) is 6.61 Å². The molecule has 0 spiro atoms. The fourth-order valence-corrected chi connectivity index (χ4v) is 2.43. The van der Waals surface area contributed by atoms with E-state index in [1.807, 2.05) is 0 Å². The van der Waals surface area contributed by atoms with Crippen LogP contribution in [0.15, 0.2) is 24.3 Å². The summed E-state index contributed by atoms with van der Waals surface area (Å²) in [6, 6.07) is 9.41. The lowest BCUT2D eigenvalue weighted by atomic mass is 9.99. The first-order valence-electron chi connectivity index (χ1n) is 8.05. The molecule has 1 N–H and O–H groups in total. The van der Waals surface area contributed by atoms with E-state index in [0.29, 0.717) is 12.1 Å². The van der Waals surface area contributed by atoms with Gasteiger partial charge < -0.3 is 10.1 Å². The van der Waals surface area contributed by atoms with Gasteiger partial charge in [-0.1, -0.05) is 39.3 Å². The summed E-state index contributed by atoms with van der Waals surface area (Å²) in [6.07, 6.45) is 3.54. The van der Waals surface area contributed by atoms with Crippen LogP contribution in [0.1, 0.15) is 65.5 Å².